The van der Waals surface area contributed by atoms with E-state index in [1.807, 2.05) is 0 Å². The monoisotopic (exact) mass is 775 g/mol. The molecule has 1 heterocycles. The third-order valence-electron chi connectivity index (χ3n) is 13.3. The molecule has 1 atom stereocenters. The van der Waals surface area contributed by atoms with Gasteiger partial charge in [0.2, 0.25) is 0 Å². The van der Waals surface area contributed by atoms with E-state index in [0.29, 0.717) is 0 Å². The van der Waals surface area contributed by atoms with E-state index < -0.39 is 5.41 Å². The van der Waals surface area contributed by atoms with Crippen LogP contribution in [0.5, 0.6) is 0 Å². The molecule has 10 aromatic carbocycles. The van der Waals surface area contributed by atoms with E-state index in [1.165, 1.54) is 66.4 Å². The molecule has 61 heavy (non-hydrogen) atoms. The maximum absolute atomic E-state index is 6.58. The lowest BCUT2D eigenvalue weighted by Gasteiger charge is -2.37. The van der Waals surface area contributed by atoms with Crippen molar-refractivity contribution in [1.29, 1.82) is 0 Å². The quantitative estimate of drug-likeness (QED) is 0.177. The van der Waals surface area contributed by atoms with Crippen LogP contribution in [0.15, 0.2) is 229 Å². The lowest BCUT2D eigenvalue weighted by atomic mass is 9.65. The van der Waals surface area contributed by atoms with Gasteiger partial charge in [0.15, 0.2) is 0 Å². The maximum Gasteiger partial charge on any atom is 0.137 e. The summed E-state index contributed by atoms with van der Waals surface area (Å²) in [5.74, 6) is 0. The first-order chi connectivity index (χ1) is 30.3. The average molecular weight is 776 g/mol. The lowest BCUT2D eigenvalue weighted by molar-refractivity contribution is 0.669. The minimum atomic E-state index is -0.643. The topological polar surface area (TPSA) is 16.4 Å². The summed E-state index contributed by atoms with van der Waals surface area (Å²) >= 11 is 0. The van der Waals surface area contributed by atoms with Crippen molar-refractivity contribution in [2.24, 2.45) is 0 Å². The van der Waals surface area contributed by atoms with Crippen LogP contribution in [0.25, 0.3) is 77.2 Å². The van der Waals surface area contributed by atoms with Crippen LogP contribution in [-0.2, 0) is 5.41 Å². The third kappa shape index (κ3) is 4.79. The highest BCUT2D eigenvalue weighted by atomic mass is 16.3. The second kappa shape index (κ2) is 13.0. The Kier molecular flexibility index (Phi) is 7.26. The van der Waals surface area contributed by atoms with Gasteiger partial charge in [-0.1, -0.05) is 176 Å². The van der Waals surface area contributed by atoms with Crippen molar-refractivity contribution < 1.29 is 4.42 Å². The van der Waals surface area contributed by atoms with E-state index in [0.717, 1.165) is 50.1 Å². The lowest BCUT2D eigenvalue weighted by Crippen LogP contribution is -2.29. The molecule has 11 aromatic rings. The summed E-state index contributed by atoms with van der Waals surface area (Å²) in [4.78, 5) is 2.48. The SMILES string of the molecule is c1ccc(-c2ccccc2N(c2ccc3c(c2)C2(c4ccccc4-c4ccccc4-3)c3ccccc3-c3cc4ccccc4cc32)c2cccc3oc4ccccc4c23)cc1. The van der Waals surface area contributed by atoms with Crippen LogP contribution in [0.3, 0.4) is 0 Å². The fraction of sp³-hybridized carbons (Fsp3) is 0.0169. The van der Waals surface area contributed by atoms with Gasteiger partial charge in [-0.05, 0) is 121 Å². The van der Waals surface area contributed by atoms with Crippen LogP contribution in [0.2, 0.25) is 0 Å². The van der Waals surface area contributed by atoms with Crippen LogP contribution >= 0.6 is 0 Å². The Bertz CT molecular complexity index is 3560. The Labute approximate surface area is 354 Å². The van der Waals surface area contributed by atoms with E-state index in [4.69, 9.17) is 4.42 Å². The second-order valence-electron chi connectivity index (χ2n) is 16.3. The minimum Gasteiger partial charge on any atom is -0.456 e. The van der Waals surface area contributed by atoms with Crippen LogP contribution in [0, 0.1) is 0 Å². The zero-order valence-corrected chi connectivity index (χ0v) is 33.2. The number of furan rings is 1. The summed E-state index contributed by atoms with van der Waals surface area (Å²) in [5.41, 5.74) is 19.3. The van der Waals surface area contributed by atoms with Gasteiger partial charge in [-0.25, -0.2) is 0 Å². The fourth-order valence-electron chi connectivity index (χ4n) is 10.8. The zero-order chi connectivity index (χ0) is 40.1. The molecule has 2 heteroatoms. The van der Waals surface area contributed by atoms with Crippen molar-refractivity contribution in [2.75, 3.05) is 4.90 Å². The highest BCUT2D eigenvalue weighted by molar-refractivity contribution is 6.14. The minimum absolute atomic E-state index is 0.643. The van der Waals surface area contributed by atoms with E-state index in [9.17, 15) is 0 Å². The van der Waals surface area contributed by atoms with Crippen LogP contribution in [-0.4, -0.2) is 0 Å². The highest BCUT2D eigenvalue weighted by Gasteiger charge is 2.50. The van der Waals surface area contributed by atoms with Gasteiger partial charge in [-0.15, -0.1) is 0 Å². The smallest absolute Gasteiger partial charge is 0.137 e. The van der Waals surface area contributed by atoms with Gasteiger partial charge in [0.1, 0.15) is 11.2 Å². The van der Waals surface area contributed by atoms with Crippen molar-refractivity contribution in [3.05, 3.63) is 247 Å². The third-order valence-corrected chi connectivity index (χ3v) is 13.3. The number of para-hydroxylation sites is 2. The molecule has 13 rings (SSSR count). The molecule has 0 saturated heterocycles. The molecule has 0 radical (unpaired) electrons. The molecule has 0 amide bonds. The number of nitrogens with zero attached hydrogens (tertiary/aromatic N) is 1. The Morgan fingerprint density at radius 3 is 1.64 bits per heavy atom. The number of anilines is 3. The second-order valence-corrected chi connectivity index (χ2v) is 16.3. The molecule has 0 fully saturated rings. The molecular formula is C59H37NO. The van der Waals surface area contributed by atoms with E-state index in [2.05, 4.69) is 229 Å². The first-order valence-electron chi connectivity index (χ1n) is 21.1. The molecule has 0 saturated carbocycles. The standard InChI is InChI=1S/C59H37NO/c1-2-17-38(18-3-1)42-21-10-14-29-54(42)60(55-30-16-32-57-58(55)48-26-11-15-31-56(48)61-57)41-33-34-47-44-23-7-6-22-43(44)45-24-8-12-27-50(45)59(53(47)37-41)51-28-13-9-25-46(51)49-35-39-19-4-5-20-40(39)36-52(49)59/h1-37H. The van der Waals surface area contributed by atoms with E-state index in [-0.39, 0.29) is 0 Å². The Morgan fingerprint density at radius 2 is 0.869 bits per heavy atom. The molecule has 1 spiro atoms. The first kappa shape index (κ1) is 34.0. The van der Waals surface area contributed by atoms with Crippen molar-refractivity contribution in [3.63, 3.8) is 0 Å². The van der Waals surface area contributed by atoms with Crippen molar-refractivity contribution >= 4 is 49.8 Å². The highest BCUT2D eigenvalue weighted by Crippen LogP contribution is 2.62. The molecule has 1 unspecified atom stereocenters. The summed E-state index contributed by atoms with van der Waals surface area (Å²) in [5, 5.41) is 4.66. The zero-order valence-electron chi connectivity index (χ0n) is 33.2. The van der Waals surface area contributed by atoms with Gasteiger partial charge in [-0.2, -0.15) is 0 Å². The Morgan fingerprint density at radius 1 is 0.328 bits per heavy atom. The first-order valence-corrected chi connectivity index (χ1v) is 21.1. The van der Waals surface area contributed by atoms with Gasteiger partial charge in [0.05, 0.1) is 22.2 Å². The molecule has 2 aliphatic carbocycles. The molecule has 0 N–H and O–H groups in total. The number of rotatable bonds is 4. The summed E-state index contributed by atoms with van der Waals surface area (Å²) in [6.07, 6.45) is 0. The Hall–Kier alpha value is -7.94. The average Bonchev–Trinajstić information content (AvgIpc) is 3.82. The fourth-order valence-corrected chi connectivity index (χ4v) is 10.8. The van der Waals surface area contributed by atoms with Crippen molar-refractivity contribution in [1.82, 2.24) is 0 Å². The summed E-state index contributed by atoms with van der Waals surface area (Å²) < 4.78 is 6.58. The van der Waals surface area contributed by atoms with Gasteiger partial charge in [-0.3, -0.25) is 0 Å². The van der Waals surface area contributed by atoms with Crippen LogP contribution in [0.4, 0.5) is 17.1 Å². The molecule has 2 nitrogen and oxygen atoms in total. The van der Waals surface area contributed by atoms with Gasteiger partial charge < -0.3 is 9.32 Å². The molecule has 0 bridgehead atoms. The normalized spacial score (nSPS) is 14.6. The molecule has 284 valence electrons. The van der Waals surface area contributed by atoms with Crippen LogP contribution < -0.4 is 4.90 Å². The predicted molar refractivity (Wildman–Crippen MR) is 253 cm³/mol. The van der Waals surface area contributed by atoms with Crippen LogP contribution in [0.1, 0.15) is 22.3 Å². The molecule has 1 aromatic heterocycles. The predicted octanol–water partition coefficient (Wildman–Crippen LogP) is 15.9. The summed E-state index contributed by atoms with van der Waals surface area (Å²) in [6.45, 7) is 0. The number of hydrogen-bond donors (Lipinski definition) is 0. The van der Waals surface area contributed by atoms with Crippen molar-refractivity contribution in [2.45, 2.75) is 5.41 Å². The van der Waals surface area contributed by atoms with Crippen molar-refractivity contribution in [3.8, 4) is 44.5 Å². The van der Waals surface area contributed by atoms with E-state index >= 15 is 0 Å². The molecule has 0 aliphatic heterocycles. The molecular weight excluding hydrogens is 739 g/mol. The largest absolute Gasteiger partial charge is 0.456 e. The number of fused-ring (bicyclic) bond motifs is 16. The molecule has 2 aliphatic rings. The van der Waals surface area contributed by atoms with Gasteiger partial charge in [0, 0.05) is 16.6 Å². The maximum atomic E-state index is 6.58. The van der Waals surface area contributed by atoms with Gasteiger partial charge in [0.25, 0.3) is 0 Å². The summed E-state index contributed by atoms with van der Waals surface area (Å²) in [7, 11) is 0. The number of hydrogen-bond acceptors (Lipinski definition) is 2. The number of benzene rings is 10. The Balaban J connectivity index is 1.19. The van der Waals surface area contributed by atoms with E-state index in [1.54, 1.807) is 0 Å². The summed E-state index contributed by atoms with van der Waals surface area (Å²) in [6, 6.07) is 82.7. The van der Waals surface area contributed by atoms with Gasteiger partial charge >= 0.3 is 0 Å².